The molecule has 0 aromatic carbocycles. The Morgan fingerprint density at radius 1 is 0.447 bits per heavy atom. The number of hydrogen-bond donors (Lipinski definition) is 2. The van der Waals surface area contributed by atoms with Crippen molar-refractivity contribution in [3.63, 3.8) is 0 Å². The third-order valence-corrected chi connectivity index (χ3v) is 24.7. The van der Waals surface area contributed by atoms with Crippen molar-refractivity contribution >= 4 is 32.3 Å². The molecule has 0 aromatic rings. The second kappa shape index (κ2) is 13.3. The fourth-order valence-corrected chi connectivity index (χ4v) is 21.8. The van der Waals surface area contributed by atoms with Crippen molar-refractivity contribution in [2.24, 2.45) is 0 Å². The van der Waals surface area contributed by atoms with Gasteiger partial charge in [-0.15, -0.1) is 11.1 Å². The molecule has 0 amide bonds. The summed E-state index contributed by atoms with van der Waals surface area (Å²) in [6.07, 6.45) is 0. The van der Waals surface area contributed by atoms with E-state index in [0.29, 0.717) is 45.3 Å². The predicted molar refractivity (Wildman–Crippen MR) is 184 cm³/mol. The molecule has 2 N–H and O–H groups in total. The van der Waals surface area contributed by atoms with Gasteiger partial charge in [-0.1, -0.05) is 134 Å². The summed E-state index contributed by atoms with van der Waals surface area (Å²) in [5, 5.41) is 25.4. The van der Waals surface area contributed by atoms with Gasteiger partial charge < -0.3 is 10.2 Å². The van der Waals surface area contributed by atoms with Gasteiger partial charge in [-0.05, 0) is 45.3 Å². The zero-order valence-corrected chi connectivity index (χ0v) is 32.8. The minimum absolute atomic E-state index is 0.463. The van der Waals surface area contributed by atoms with E-state index in [-0.39, 0.29) is 0 Å². The molecule has 6 heteroatoms. The van der Waals surface area contributed by atoms with Crippen molar-refractivity contribution < 1.29 is 10.2 Å². The maximum atomic E-state index is 12.7. The highest BCUT2D eigenvalue weighted by atomic mass is 28.3. The minimum Gasteiger partial charge on any atom is -0.374 e. The molecule has 0 aliphatic heterocycles. The van der Waals surface area contributed by atoms with E-state index >= 15 is 0 Å². The highest BCUT2D eigenvalue weighted by Gasteiger charge is 2.53. The van der Waals surface area contributed by atoms with E-state index in [1.165, 1.54) is 0 Å². The SMILES string of the molecule is CC(C)[Si](C#C[C@](O)(C[Si](C)(C)C)[C@](O)(C#C[Si](C(C)C)(C(C)C)C(C)C)C[Si](C)(C)C)(C(C)C)C(C)C. The Labute approximate surface area is 243 Å². The molecule has 0 bridgehead atoms. The zero-order valence-electron chi connectivity index (χ0n) is 28.8. The smallest absolute Gasteiger partial charge is 0.161 e. The Kier molecular flexibility index (Phi) is 13.2. The van der Waals surface area contributed by atoms with Crippen LogP contribution in [0.1, 0.15) is 83.1 Å². The zero-order chi connectivity index (χ0) is 30.7. The molecule has 0 heterocycles. The molecular formula is C32H66O2Si4. The maximum Gasteiger partial charge on any atom is 0.161 e. The van der Waals surface area contributed by atoms with E-state index in [1.807, 2.05) is 0 Å². The van der Waals surface area contributed by atoms with Gasteiger partial charge in [0.15, 0.2) is 11.2 Å². The first-order valence-corrected chi connectivity index (χ1v) is 27.1. The molecular weight excluding hydrogens is 529 g/mol. The molecule has 0 saturated carbocycles. The molecule has 2 atom stereocenters. The van der Waals surface area contributed by atoms with Crippen molar-refractivity contribution in [3.8, 4) is 22.9 Å². The van der Waals surface area contributed by atoms with Gasteiger partial charge in [0.25, 0.3) is 0 Å². The molecule has 0 spiro atoms. The minimum atomic E-state index is -2.11. The van der Waals surface area contributed by atoms with Crippen molar-refractivity contribution in [3.05, 3.63) is 0 Å². The summed E-state index contributed by atoms with van der Waals surface area (Å²) in [5.41, 5.74) is 7.33. The molecule has 0 aliphatic carbocycles. The molecule has 222 valence electrons. The Balaban J connectivity index is 7.76. The molecule has 0 aliphatic rings. The van der Waals surface area contributed by atoms with Gasteiger partial charge in [-0.2, -0.15) is 0 Å². The summed E-state index contributed by atoms with van der Waals surface area (Å²) in [6.45, 7) is 41.3. The first kappa shape index (κ1) is 37.9. The maximum absolute atomic E-state index is 12.7. The van der Waals surface area contributed by atoms with Crippen LogP contribution in [0, 0.1) is 22.9 Å². The largest absolute Gasteiger partial charge is 0.374 e. The van der Waals surface area contributed by atoms with Crippen LogP contribution in [0.2, 0.25) is 84.6 Å². The lowest BCUT2D eigenvalue weighted by Gasteiger charge is -2.44. The Morgan fingerprint density at radius 3 is 0.763 bits per heavy atom. The predicted octanol–water partition coefficient (Wildman–Crippen LogP) is 9.57. The van der Waals surface area contributed by atoms with Gasteiger partial charge in [-0.3, -0.25) is 0 Å². The highest BCUT2D eigenvalue weighted by molar-refractivity contribution is 6.91. The highest BCUT2D eigenvalue weighted by Crippen LogP contribution is 2.44. The van der Waals surface area contributed by atoms with Gasteiger partial charge in [0.2, 0.25) is 0 Å². The molecule has 0 saturated heterocycles. The van der Waals surface area contributed by atoms with Crippen molar-refractivity contribution in [1.29, 1.82) is 0 Å². The Hall–Kier alpha value is -0.0925. The van der Waals surface area contributed by atoms with Crippen molar-refractivity contribution in [1.82, 2.24) is 0 Å². The first-order chi connectivity index (χ1) is 16.7. The lowest BCUT2D eigenvalue weighted by Crippen LogP contribution is -2.59. The lowest BCUT2D eigenvalue weighted by atomic mass is 9.87. The van der Waals surface area contributed by atoms with Gasteiger partial charge in [0, 0.05) is 16.1 Å². The number of aliphatic hydroxyl groups is 2. The van der Waals surface area contributed by atoms with Crippen LogP contribution < -0.4 is 0 Å². The third-order valence-electron chi connectivity index (χ3n) is 8.96. The molecule has 0 unspecified atom stereocenters. The Bertz CT molecular complexity index is 767. The van der Waals surface area contributed by atoms with Gasteiger partial charge >= 0.3 is 0 Å². The fourth-order valence-electron chi connectivity index (χ4n) is 7.41. The topological polar surface area (TPSA) is 40.5 Å². The standard InChI is InChI=1S/C32H66O2Si4/c1-25(2)37(26(3)4,27(5)6)21-19-31(33,23-35(13,14)15)32(34,24-36(16,17)18)20-22-38(28(7)8,29(9)10)30(11)12/h25-30,33-34H,23-24H2,1-18H3/t31-,32-/m0/s1. The molecule has 0 aromatic heterocycles. The molecule has 2 nitrogen and oxygen atoms in total. The molecule has 0 rings (SSSR count). The normalized spacial score (nSPS) is 17.0. The average molecular weight is 595 g/mol. The quantitative estimate of drug-likeness (QED) is 0.185. The van der Waals surface area contributed by atoms with Crippen LogP contribution in [-0.4, -0.2) is 53.7 Å². The van der Waals surface area contributed by atoms with Crippen LogP contribution in [0.15, 0.2) is 0 Å². The van der Waals surface area contributed by atoms with E-state index in [4.69, 9.17) is 0 Å². The van der Waals surface area contributed by atoms with E-state index < -0.39 is 43.5 Å². The second-order valence-electron chi connectivity index (χ2n) is 16.5. The first-order valence-electron chi connectivity index (χ1n) is 15.3. The fraction of sp³-hybridized carbons (Fsp3) is 0.875. The molecule has 0 fully saturated rings. The lowest BCUT2D eigenvalue weighted by molar-refractivity contribution is -0.0564. The van der Waals surface area contributed by atoms with Crippen LogP contribution in [0.25, 0.3) is 0 Å². The average Bonchev–Trinajstić information content (AvgIpc) is 2.64. The Morgan fingerprint density at radius 2 is 0.632 bits per heavy atom. The van der Waals surface area contributed by atoms with Crippen molar-refractivity contribution in [2.75, 3.05) is 0 Å². The van der Waals surface area contributed by atoms with E-state index in [9.17, 15) is 10.2 Å². The van der Waals surface area contributed by atoms with Crippen LogP contribution in [-0.2, 0) is 0 Å². The third kappa shape index (κ3) is 8.70. The number of rotatable bonds is 11. The van der Waals surface area contributed by atoms with E-state index in [2.05, 4.69) is 145 Å². The second-order valence-corrected chi connectivity index (χ2v) is 38.6. The molecule has 38 heavy (non-hydrogen) atoms. The van der Waals surface area contributed by atoms with Crippen LogP contribution in [0.5, 0.6) is 0 Å². The monoisotopic (exact) mass is 594 g/mol. The van der Waals surface area contributed by atoms with Gasteiger partial charge in [-0.25, -0.2) is 0 Å². The van der Waals surface area contributed by atoms with Crippen LogP contribution in [0.3, 0.4) is 0 Å². The van der Waals surface area contributed by atoms with E-state index in [0.717, 1.165) is 0 Å². The van der Waals surface area contributed by atoms with Crippen molar-refractivity contribution in [2.45, 2.75) is 179 Å². The summed E-state index contributed by atoms with van der Waals surface area (Å²) in [4.78, 5) is 0. The molecule has 0 radical (unpaired) electrons. The summed E-state index contributed by atoms with van der Waals surface area (Å²) < 4.78 is 0. The summed E-state index contributed by atoms with van der Waals surface area (Å²) >= 11 is 0. The van der Waals surface area contributed by atoms with E-state index in [1.54, 1.807) is 0 Å². The number of hydrogen-bond acceptors (Lipinski definition) is 2. The van der Waals surface area contributed by atoms with Crippen LogP contribution in [0.4, 0.5) is 0 Å². The van der Waals surface area contributed by atoms with Gasteiger partial charge in [0.1, 0.15) is 16.1 Å². The summed E-state index contributed by atoms with van der Waals surface area (Å²) in [6, 6.07) is 1.06. The summed E-state index contributed by atoms with van der Waals surface area (Å²) in [7, 11) is -7.89. The van der Waals surface area contributed by atoms with Gasteiger partial charge in [0.05, 0.1) is 0 Å². The van der Waals surface area contributed by atoms with Crippen LogP contribution >= 0.6 is 0 Å². The summed E-state index contributed by atoms with van der Waals surface area (Å²) in [5.74, 6) is 7.02.